The molecule has 0 spiro atoms. The maximum absolute atomic E-state index is 12.0. The van der Waals surface area contributed by atoms with Gasteiger partial charge in [0.05, 0.1) is 24.3 Å². The number of aryl methyl sites for hydroxylation is 1. The lowest BCUT2D eigenvalue weighted by Gasteiger charge is -2.32. The molecule has 2 heterocycles. The van der Waals surface area contributed by atoms with Gasteiger partial charge in [-0.25, -0.2) is 4.98 Å². The molecule has 5 nitrogen and oxygen atoms in total. The number of hydrogen-bond acceptors (Lipinski definition) is 3. The minimum Gasteiger partial charge on any atom is -0.336 e. The van der Waals surface area contributed by atoms with Crippen LogP contribution >= 0.6 is 0 Å². The largest absolute Gasteiger partial charge is 0.336 e. The number of carbonyl (C=O) groups is 1. The monoisotopic (exact) mass is 236 g/mol. The van der Waals surface area contributed by atoms with Crippen LogP contribution in [0.2, 0.25) is 0 Å². The zero-order valence-corrected chi connectivity index (χ0v) is 10.5. The zero-order valence-electron chi connectivity index (χ0n) is 10.5. The number of nitrogens with two attached hydrogens (primary N) is 1. The van der Waals surface area contributed by atoms with E-state index in [4.69, 9.17) is 5.73 Å². The summed E-state index contributed by atoms with van der Waals surface area (Å²) in [6.45, 7) is 2.70. The quantitative estimate of drug-likeness (QED) is 0.827. The van der Waals surface area contributed by atoms with Gasteiger partial charge < -0.3 is 15.2 Å². The van der Waals surface area contributed by atoms with Gasteiger partial charge in [-0.3, -0.25) is 4.79 Å². The molecule has 2 N–H and O–H groups in total. The molecule has 94 valence electrons. The standard InChI is InChI=1S/C12H20N4O/c1-3-16-11(17)6-4-5-9(13)12(16)10-7-14-8-15(10)2/h7-9,12H,3-6,13H2,1-2H3. The van der Waals surface area contributed by atoms with Gasteiger partial charge in [-0.05, 0) is 19.8 Å². The number of likely N-dealkylation sites (N-methyl/N-ethyl adjacent to an activating group) is 1. The Labute approximate surface area is 102 Å². The molecule has 1 saturated heterocycles. The number of likely N-dealkylation sites (tertiary alicyclic amines) is 1. The Morgan fingerprint density at radius 1 is 1.59 bits per heavy atom. The van der Waals surface area contributed by atoms with Crippen LogP contribution < -0.4 is 5.73 Å². The first-order valence-corrected chi connectivity index (χ1v) is 6.16. The third-order valence-corrected chi connectivity index (χ3v) is 3.49. The van der Waals surface area contributed by atoms with Crippen LogP contribution in [-0.2, 0) is 11.8 Å². The van der Waals surface area contributed by atoms with Crippen LogP contribution in [0.25, 0.3) is 0 Å². The van der Waals surface area contributed by atoms with E-state index in [1.54, 1.807) is 6.33 Å². The van der Waals surface area contributed by atoms with Crippen LogP contribution in [0.1, 0.15) is 37.9 Å². The van der Waals surface area contributed by atoms with E-state index in [0.29, 0.717) is 13.0 Å². The molecule has 0 saturated carbocycles. The summed E-state index contributed by atoms with van der Waals surface area (Å²) in [4.78, 5) is 18.1. The van der Waals surface area contributed by atoms with E-state index in [1.807, 2.05) is 29.6 Å². The first-order valence-electron chi connectivity index (χ1n) is 6.16. The highest BCUT2D eigenvalue weighted by Crippen LogP contribution is 2.29. The summed E-state index contributed by atoms with van der Waals surface area (Å²) in [7, 11) is 1.94. The van der Waals surface area contributed by atoms with Crippen LogP contribution in [-0.4, -0.2) is 32.9 Å². The van der Waals surface area contributed by atoms with E-state index in [0.717, 1.165) is 18.5 Å². The number of nitrogens with zero attached hydrogens (tertiary/aromatic N) is 3. The Kier molecular flexibility index (Phi) is 3.47. The highest BCUT2D eigenvalue weighted by Gasteiger charge is 2.33. The minimum atomic E-state index is -0.0394. The second-order valence-corrected chi connectivity index (χ2v) is 4.61. The normalized spacial score (nSPS) is 26.1. The van der Waals surface area contributed by atoms with E-state index in [9.17, 15) is 4.79 Å². The number of amides is 1. The van der Waals surface area contributed by atoms with Crippen molar-refractivity contribution < 1.29 is 4.79 Å². The van der Waals surface area contributed by atoms with Crippen LogP contribution in [0.5, 0.6) is 0 Å². The maximum Gasteiger partial charge on any atom is 0.223 e. The van der Waals surface area contributed by atoms with Gasteiger partial charge >= 0.3 is 0 Å². The highest BCUT2D eigenvalue weighted by molar-refractivity contribution is 5.77. The molecule has 1 aromatic heterocycles. The van der Waals surface area contributed by atoms with Crippen molar-refractivity contribution >= 4 is 5.91 Å². The first kappa shape index (κ1) is 12.1. The van der Waals surface area contributed by atoms with E-state index in [1.165, 1.54) is 0 Å². The predicted octanol–water partition coefficient (Wildman–Crippen LogP) is 0.821. The molecule has 5 heteroatoms. The Morgan fingerprint density at radius 2 is 2.35 bits per heavy atom. The summed E-state index contributed by atoms with van der Waals surface area (Å²) in [6, 6.07) is -0.0423. The van der Waals surface area contributed by atoms with Crippen LogP contribution in [0, 0.1) is 0 Å². The third kappa shape index (κ3) is 2.20. The number of aromatic nitrogens is 2. The van der Waals surface area contributed by atoms with Crippen molar-refractivity contribution in [1.82, 2.24) is 14.5 Å². The van der Waals surface area contributed by atoms with Crippen LogP contribution in [0.15, 0.2) is 12.5 Å². The number of imidazole rings is 1. The van der Waals surface area contributed by atoms with Crippen molar-refractivity contribution in [3.63, 3.8) is 0 Å². The summed E-state index contributed by atoms with van der Waals surface area (Å²) < 4.78 is 1.95. The fourth-order valence-corrected chi connectivity index (χ4v) is 2.58. The fraction of sp³-hybridized carbons (Fsp3) is 0.667. The van der Waals surface area contributed by atoms with Crippen molar-refractivity contribution in [3.8, 4) is 0 Å². The van der Waals surface area contributed by atoms with Crippen molar-refractivity contribution in [3.05, 3.63) is 18.2 Å². The summed E-state index contributed by atoms with van der Waals surface area (Å²) in [6.07, 6.45) is 5.94. The molecule has 0 aliphatic carbocycles. The van der Waals surface area contributed by atoms with Gasteiger partial charge in [0.1, 0.15) is 0 Å². The second-order valence-electron chi connectivity index (χ2n) is 4.61. The van der Waals surface area contributed by atoms with Gasteiger partial charge in [-0.2, -0.15) is 0 Å². The van der Waals surface area contributed by atoms with Gasteiger partial charge in [-0.15, -0.1) is 0 Å². The van der Waals surface area contributed by atoms with Crippen molar-refractivity contribution in [2.24, 2.45) is 12.8 Å². The first-order chi connectivity index (χ1) is 8.15. The summed E-state index contributed by atoms with van der Waals surface area (Å²) in [5.74, 6) is 0.201. The zero-order chi connectivity index (χ0) is 12.4. The van der Waals surface area contributed by atoms with E-state index < -0.39 is 0 Å². The van der Waals surface area contributed by atoms with Gasteiger partial charge in [0, 0.05) is 26.1 Å². The van der Waals surface area contributed by atoms with E-state index >= 15 is 0 Å². The molecule has 0 radical (unpaired) electrons. The minimum absolute atomic E-state index is 0.00296. The lowest BCUT2D eigenvalue weighted by molar-refractivity contribution is -0.133. The van der Waals surface area contributed by atoms with Gasteiger partial charge in [0.15, 0.2) is 0 Å². The smallest absolute Gasteiger partial charge is 0.223 e. The molecule has 1 aliphatic rings. The average molecular weight is 236 g/mol. The molecular weight excluding hydrogens is 216 g/mol. The van der Waals surface area contributed by atoms with Crippen molar-refractivity contribution in [2.45, 2.75) is 38.3 Å². The summed E-state index contributed by atoms with van der Waals surface area (Å²) >= 11 is 0. The Balaban J connectivity index is 2.38. The molecule has 0 aromatic carbocycles. The fourth-order valence-electron chi connectivity index (χ4n) is 2.58. The molecule has 1 fully saturated rings. The van der Waals surface area contributed by atoms with Gasteiger partial charge in [0.25, 0.3) is 0 Å². The highest BCUT2D eigenvalue weighted by atomic mass is 16.2. The van der Waals surface area contributed by atoms with Crippen LogP contribution in [0.4, 0.5) is 0 Å². The molecule has 2 unspecified atom stereocenters. The van der Waals surface area contributed by atoms with Crippen LogP contribution in [0.3, 0.4) is 0 Å². The maximum atomic E-state index is 12.0. The lowest BCUT2D eigenvalue weighted by atomic mass is 10.0. The molecule has 1 aliphatic heterocycles. The lowest BCUT2D eigenvalue weighted by Crippen LogP contribution is -2.42. The molecule has 2 rings (SSSR count). The Morgan fingerprint density at radius 3 is 2.94 bits per heavy atom. The summed E-state index contributed by atoms with van der Waals surface area (Å²) in [5.41, 5.74) is 7.26. The van der Waals surface area contributed by atoms with Crippen molar-refractivity contribution in [2.75, 3.05) is 6.54 Å². The number of carbonyl (C=O) groups excluding carboxylic acids is 1. The van der Waals surface area contributed by atoms with Gasteiger partial charge in [0.2, 0.25) is 5.91 Å². The number of hydrogen-bond donors (Lipinski definition) is 1. The molecular formula is C12H20N4O. The molecule has 2 atom stereocenters. The van der Waals surface area contributed by atoms with E-state index in [2.05, 4.69) is 4.98 Å². The molecule has 0 bridgehead atoms. The Hall–Kier alpha value is -1.36. The van der Waals surface area contributed by atoms with E-state index in [-0.39, 0.29) is 18.0 Å². The topological polar surface area (TPSA) is 64.2 Å². The number of rotatable bonds is 2. The molecule has 1 amide bonds. The third-order valence-electron chi connectivity index (χ3n) is 3.49. The summed E-state index contributed by atoms with van der Waals surface area (Å²) in [5, 5.41) is 0. The average Bonchev–Trinajstić information content (AvgIpc) is 2.65. The van der Waals surface area contributed by atoms with Gasteiger partial charge in [-0.1, -0.05) is 0 Å². The molecule has 17 heavy (non-hydrogen) atoms. The predicted molar refractivity (Wildman–Crippen MR) is 65.2 cm³/mol. The second kappa shape index (κ2) is 4.87. The molecule has 1 aromatic rings. The Bertz CT molecular complexity index is 401. The van der Waals surface area contributed by atoms with Crippen molar-refractivity contribution in [1.29, 1.82) is 0 Å². The SMILES string of the molecule is CCN1C(=O)CCCC(N)C1c1cncn1C.